The molecule has 0 aliphatic carbocycles. The molecule has 0 aliphatic rings. The van der Waals surface area contributed by atoms with Crippen LogP contribution in [-0.2, 0) is 4.79 Å². The van der Waals surface area contributed by atoms with Crippen LogP contribution in [-0.4, -0.2) is 26.1 Å². The van der Waals surface area contributed by atoms with E-state index in [0.717, 1.165) is 5.69 Å². The summed E-state index contributed by atoms with van der Waals surface area (Å²) in [6.45, 7) is 1.97. The minimum Gasteiger partial charge on any atom is -0.325 e. The van der Waals surface area contributed by atoms with Crippen molar-refractivity contribution in [2.24, 2.45) is 0 Å². The van der Waals surface area contributed by atoms with Crippen LogP contribution in [0.15, 0.2) is 48.1 Å². The Kier molecular flexibility index (Phi) is 4.85. The summed E-state index contributed by atoms with van der Waals surface area (Å²) in [4.78, 5) is 24.3. The molecular formula is C13H14N4OS. The summed E-state index contributed by atoms with van der Waals surface area (Å²) in [6.07, 6.45) is 7.33. The summed E-state index contributed by atoms with van der Waals surface area (Å²) >= 11 is 1.37. The average Bonchev–Trinajstić information content (AvgIpc) is 2.47. The third-order valence-electron chi connectivity index (χ3n) is 2.40. The Labute approximate surface area is 115 Å². The van der Waals surface area contributed by atoms with Crippen molar-refractivity contribution in [2.75, 3.05) is 5.32 Å². The maximum Gasteiger partial charge on any atom is 0.237 e. The second kappa shape index (κ2) is 6.84. The monoisotopic (exact) mass is 274 g/mol. The molecule has 0 saturated carbocycles. The van der Waals surface area contributed by atoms with E-state index in [-0.39, 0.29) is 11.2 Å². The van der Waals surface area contributed by atoms with Crippen molar-refractivity contribution in [1.82, 2.24) is 15.0 Å². The fourth-order valence-corrected chi connectivity index (χ4v) is 2.28. The highest BCUT2D eigenvalue weighted by molar-refractivity contribution is 8.00. The van der Waals surface area contributed by atoms with Gasteiger partial charge in [0, 0.05) is 30.5 Å². The molecule has 6 heteroatoms. The van der Waals surface area contributed by atoms with Crippen molar-refractivity contribution in [3.05, 3.63) is 43.0 Å². The Bertz CT molecular complexity index is 521. The van der Waals surface area contributed by atoms with Crippen molar-refractivity contribution in [3.8, 4) is 0 Å². The smallest absolute Gasteiger partial charge is 0.237 e. The van der Waals surface area contributed by atoms with Gasteiger partial charge < -0.3 is 5.32 Å². The number of carbonyl (C=O) groups excluding carboxylic acids is 1. The van der Waals surface area contributed by atoms with Gasteiger partial charge in [-0.1, -0.05) is 18.7 Å². The molecule has 1 atom stereocenters. The predicted molar refractivity (Wildman–Crippen MR) is 74.8 cm³/mol. The van der Waals surface area contributed by atoms with Crippen molar-refractivity contribution >= 4 is 23.4 Å². The molecule has 0 aromatic carbocycles. The molecule has 5 nitrogen and oxygen atoms in total. The molecule has 1 N–H and O–H groups in total. The van der Waals surface area contributed by atoms with Crippen LogP contribution in [0.4, 0.5) is 5.69 Å². The first-order valence-corrected chi connectivity index (χ1v) is 6.82. The number of hydrogen-bond donors (Lipinski definition) is 1. The van der Waals surface area contributed by atoms with Gasteiger partial charge in [0.05, 0.1) is 5.25 Å². The van der Waals surface area contributed by atoms with E-state index in [9.17, 15) is 4.79 Å². The number of thioether (sulfide) groups is 1. The lowest BCUT2D eigenvalue weighted by molar-refractivity contribution is -0.115. The molecule has 1 amide bonds. The summed E-state index contributed by atoms with van der Waals surface area (Å²) in [7, 11) is 0. The predicted octanol–water partition coefficient (Wildman–Crippen LogP) is 2.38. The van der Waals surface area contributed by atoms with E-state index in [1.807, 2.05) is 6.92 Å². The van der Waals surface area contributed by atoms with Crippen molar-refractivity contribution in [2.45, 2.75) is 23.8 Å². The second-order valence-corrected chi connectivity index (χ2v) is 4.94. The third kappa shape index (κ3) is 4.03. The minimum absolute atomic E-state index is 0.0499. The molecule has 98 valence electrons. The van der Waals surface area contributed by atoms with Gasteiger partial charge in [-0.25, -0.2) is 9.97 Å². The summed E-state index contributed by atoms with van der Waals surface area (Å²) in [5.74, 6) is -0.0499. The molecule has 2 heterocycles. The number of carbonyl (C=O) groups is 1. The summed E-state index contributed by atoms with van der Waals surface area (Å²) < 4.78 is 0. The molecule has 0 bridgehead atoms. The van der Waals surface area contributed by atoms with Crippen LogP contribution in [0.1, 0.15) is 13.3 Å². The standard InChI is InChI=1S/C13H14N4OS/c1-2-11(19-13-15-6-3-7-16-13)12(18)17-10-4-8-14-9-5-10/h3-9,11H,2H2,1H3,(H,14,17,18). The quantitative estimate of drug-likeness (QED) is 0.669. The minimum atomic E-state index is -0.212. The van der Waals surface area contributed by atoms with Gasteiger partial charge in [0.15, 0.2) is 5.16 Å². The van der Waals surface area contributed by atoms with E-state index in [1.165, 1.54) is 11.8 Å². The Morgan fingerprint density at radius 3 is 2.58 bits per heavy atom. The maximum atomic E-state index is 12.1. The first-order valence-electron chi connectivity index (χ1n) is 5.94. The van der Waals surface area contributed by atoms with E-state index in [4.69, 9.17) is 0 Å². The SMILES string of the molecule is CCC(Sc1ncccn1)C(=O)Nc1ccncc1. The lowest BCUT2D eigenvalue weighted by atomic mass is 10.3. The van der Waals surface area contributed by atoms with Gasteiger partial charge in [-0.3, -0.25) is 9.78 Å². The van der Waals surface area contributed by atoms with Gasteiger partial charge in [0.25, 0.3) is 0 Å². The van der Waals surface area contributed by atoms with Gasteiger partial charge in [0.1, 0.15) is 0 Å². The van der Waals surface area contributed by atoms with E-state index < -0.39 is 0 Å². The largest absolute Gasteiger partial charge is 0.325 e. The Morgan fingerprint density at radius 1 is 1.26 bits per heavy atom. The first kappa shape index (κ1) is 13.5. The first-order chi connectivity index (χ1) is 9.29. The van der Waals surface area contributed by atoms with Crippen LogP contribution in [0.5, 0.6) is 0 Å². The van der Waals surface area contributed by atoms with Crippen molar-refractivity contribution < 1.29 is 4.79 Å². The zero-order valence-corrected chi connectivity index (χ0v) is 11.3. The number of aromatic nitrogens is 3. The number of pyridine rings is 1. The van der Waals surface area contributed by atoms with E-state index in [1.54, 1.807) is 43.0 Å². The lowest BCUT2D eigenvalue weighted by Gasteiger charge is -2.13. The molecule has 19 heavy (non-hydrogen) atoms. The van der Waals surface area contributed by atoms with Crippen LogP contribution >= 0.6 is 11.8 Å². The fourth-order valence-electron chi connectivity index (χ4n) is 1.45. The van der Waals surface area contributed by atoms with E-state index in [0.29, 0.717) is 11.6 Å². The molecule has 0 spiro atoms. The Morgan fingerprint density at radius 2 is 1.95 bits per heavy atom. The normalized spacial score (nSPS) is 11.8. The fraction of sp³-hybridized carbons (Fsp3) is 0.231. The number of rotatable bonds is 5. The van der Waals surface area contributed by atoms with Crippen LogP contribution < -0.4 is 5.32 Å². The molecule has 0 aliphatic heterocycles. The molecule has 1 unspecified atom stereocenters. The highest BCUT2D eigenvalue weighted by Crippen LogP contribution is 2.22. The molecule has 2 aromatic heterocycles. The molecule has 2 rings (SSSR count). The highest BCUT2D eigenvalue weighted by Gasteiger charge is 2.19. The number of anilines is 1. The molecular weight excluding hydrogens is 260 g/mol. The molecule has 0 radical (unpaired) electrons. The van der Waals surface area contributed by atoms with Gasteiger partial charge >= 0.3 is 0 Å². The van der Waals surface area contributed by atoms with Gasteiger partial charge in [0.2, 0.25) is 5.91 Å². The third-order valence-corrected chi connectivity index (χ3v) is 3.65. The van der Waals surface area contributed by atoms with E-state index in [2.05, 4.69) is 20.3 Å². The number of nitrogens with one attached hydrogen (secondary N) is 1. The highest BCUT2D eigenvalue weighted by atomic mass is 32.2. The maximum absolute atomic E-state index is 12.1. The van der Waals surface area contributed by atoms with Crippen molar-refractivity contribution in [3.63, 3.8) is 0 Å². The summed E-state index contributed by atoms with van der Waals surface area (Å²) in [6, 6.07) is 5.27. The topological polar surface area (TPSA) is 67.8 Å². The van der Waals surface area contributed by atoms with Crippen molar-refractivity contribution in [1.29, 1.82) is 0 Å². The molecule has 2 aromatic rings. The van der Waals surface area contributed by atoms with Crippen LogP contribution in [0, 0.1) is 0 Å². The lowest BCUT2D eigenvalue weighted by Crippen LogP contribution is -2.24. The molecule has 0 saturated heterocycles. The van der Waals surface area contributed by atoms with Crippen LogP contribution in [0.2, 0.25) is 0 Å². The Balaban J connectivity index is 2.00. The second-order valence-electron chi connectivity index (χ2n) is 3.77. The average molecular weight is 274 g/mol. The van der Waals surface area contributed by atoms with Crippen LogP contribution in [0.25, 0.3) is 0 Å². The van der Waals surface area contributed by atoms with Gasteiger partial charge in [-0.05, 0) is 24.6 Å². The van der Waals surface area contributed by atoms with Gasteiger partial charge in [-0.15, -0.1) is 0 Å². The number of nitrogens with zero attached hydrogens (tertiary/aromatic N) is 3. The summed E-state index contributed by atoms with van der Waals surface area (Å²) in [5.41, 5.74) is 0.744. The zero-order chi connectivity index (χ0) is 13.5. The van der Waals surface area contributed by atoms with Crippen LogP contribution in [0.3, 0.4) is 0 Å². The molecule has 0 fully saturated rings. The summed E-state index contributed by atoms with van der Waals surface area (Å²) in [5, 5.41) is 3.26. The number of amides is 1. The zero-order valence-electron chi connectivity index (χ0n) is 10.5. The number of hydrogen-bond acceptors (Lipinski definition) is 5. The Hall–Kier alpha value is -1.95. The van der Waals surface area contributed by atoms with Gasteiger partial charge in [-0.2, -0.15) is 0 Å². The van der Waals surface area contributed by atoms with E-state index >= 15 is 0 Å².